The minimum Gasteiger partial charge on any atom is -0.266 e. The predicted octanol–water partition coefficient (Wildman–Crippen LogP) is 0.760. The topological polar surface area (TPSA) is 47.3 Å². The van der Waals surface area contributed by atoms with Gasteiger partial charge in [-0.05, 0) is 17.5 Å². The Morgan fingerprint density at radius 2 is 2.40 bits per heavy atom. The lowest BCUT2D eigenvalue weighted by atomic mass is 10.4. The second kappa shape index (κ2) is 3.25. The Bertz CT molecular complexity index is 695. The van der Waals surface area contributed by atoms with Crippen LogP contribution in [0.5, 0.6) is 0 Å². The van der Waals surface area contributed by atoms with Crippen molar-refractivity contribution >= 4 is 33.7 Å². The SMILES string of the molecule is O=c1/c(=C/c2cccs2)sc2ncnn12. The first-order valence-corrected chi connectivity index (χ1v) is 5.92. The highest BCUT2D eigenvalue weighted by Crippen LogP contribution is 2.09. The van der Waals surface area contributed by atoms with Crippen molar-refractivity contribution in [2.24, 2.45) is 0 Å². The predicted molar refractivity (Wildman–Crippen MR) is 60.2 cm³/mol. The third kappa shape index (κ3) is 1.38. The molecule has 0 fully saturated rings. The van der Waals surface area contributed by atoms with E-state index in [2.05, 4.69) is 10.1 Å². The van der Waals surface area contributed by atoms with Gasteiger partial charge in [0, 0.05) is 4.88 Å². The van der Waals surface area contributed by atoms with Crippen LogP contribution in [-0.4, -0.2) is 14.6 Å². The summed E-state index contributed by atoms with van der Waals surface area (Å²) in [6, 6.07) is 3.93. The number of nitrogens with zero attached hydrogens (tertiary/aromatic N) is 3. The van der Waals surface area contributed by atoms with Crippen molar-refractivity contribution in [3.8, 4) is 0 Å². The van der Waals surface area contributed by atoms with E-state index in [9.17, 15) is 4.79 Å². The number of aromatic nitrogens is 3. The van der Waals surface area contributed by atoms with Crippen LogP contribution in [0.15, 0.2) is 28.6 Å². The van der Waals surface area contributed by atoms with Gasteiger partial charge in [-0.3, -0.25) is 4.79 Å². The molecule has 4 nitrogen and oxygen atoms in total. The maximum Gasteiger partial charge on any atom is 0.291 e. The van der Waals surface area contributed by atoms with Crippen LogP contribution in [0.3, 0.4) is 0 Å². The molecule has 0 aromatic carbocycles. The Balaban J connectivity index is 2.32. The standard InChI is InChI=1S/C9H5N3OS2/c13-8-7(4-6-2-1-3-14-6)15-9-10-5-11-12(8)9/h1-5H/b7-4-. The van der Waals surface area contributed by atoms with Crippen LogP contribution in [0, 0.1) is 0 Å². The molecule has 0 unspecified atom stereocenters. The highest BCUT2D eigenvalue weighted by molar-refractivity contribution is 7.15. The van der Waals surface area contributed by atoms with Crippen LogP contribution in [0.4, 0.5) is 0 Å². The van der Waals surface area contributed by atoms with E-state index >= 15 is 0 Å². The quantitative estimate of drug-likeness (QED) is 0.625. The summed E-state index contributed by atoms with van der Waals surface area (Å²) in [5.41, 5.74) is -0.0964. The second-order valence-electron chi connectivity index (χ2n) is 2.89. The lowest BCUT2D eigenvalue weighted by Crippen LogP contribution is -2.23. The molecule has 0 aliphatic heterocycles. The minimum atomic E-state index is -0.0964. The average Bonchev–Trinajstić information content (AvgIpc) is 2.89. The van der Waals surface area contributed by atoms with E-state index in [1.807, 2.05) is 23.6 Å². The summed E-state index contributed by atoms with van der Waals surface area (Å²) in [6.45, 7) is 0. The molecule has 0 N–H and O–H groups in total. The Kier molecular flexibility index (Phi) is 1.90. The van der Waals surface area contributed by atoms with Gasteiger partial charge in [-0.2, -0.15) is 9.61 Å². The van der Waals surface area contributed by atoms with E-state index in [1.165, 1.54) is 22.2 Å². The number of thiophene rings is 1. The zero-order chi connectivity index (χ0) is 10.3. The smallest absolute Gasteiger partial charge is 0.266 e. The van der Waals surface area contributed by atoms with Crippen molar-refractivity contribution in [3.63, 3.8) is 0 Å². The fraction of sp³-hybridized carbons (Fsp3) is 0. The van der Waals surface area contributed by atoms with Gasteiger partial charge in [0.1, 0.15) is 6.33 Å². The minimum absolute atomic E-state index is 0.0964. The fourth-order valence-corrected chi connectivity index (χ4v) is 2.88. The van der Waals surface area contributed by atoms with Crippen LogP contribution < -0.4 is 10.1 Å². The fourth-order valence-electron chi connectivity index (χ4n) is 1.28. The van der Waals surface area contributed by atoms with Gasteiger partial charge in [0.25, 0.3) is 5.56 Å². The number of fused-ring (bicyclic) bond motifs is 1. The van der Waals surface area contributed by atoms with E-state index < -0.39 is 0 Å². The zero-order valence-corrected chi connectivity index (χ0v) is 9.09. The summed E-state index contributed by atoms with van der Waals surface area (Å²) in [4.78, 5) is 17.5. The molecular formula is C9H5N3OS2. The zero-order valence-electron chi connectivity index (χ0n) is 7.45. The lowest BCUT2D eigenvalue weighted by Gasteiger charge is -1.77. The Morgan fingerprint density at radius 3 is 3.13 bits per heavy atom. The third-order valence-corrected chi connectivity index (χ3v) is 3.73. The Hall–Kier alpha value is -1.53. The highest BCUT2D eigenvalue weighted by Gasteiger charge is 2.04. The molecule has 0 radical (unpaired) electrons. The molecule has 3 rings (SSSR count). The van der Waals surface area contributed by atoms with Crippen LogP contribution in [0.1, 0.15) is 4.88 Å². The first kappa shape index (κ1) is 8.75. The van der Waals surface area contributed by atoms with E-state index in [-0.39, 0.29) is 5.56 Å². The maximum atomic E-state index is 11.8. The van der Waals surface area contributed by atoms with Gasteiger partial charge in [0.2, 0.25) is 4.96 Å². The molecule has 6 heteroatoms. The molecule has 3 heterocycles. The summed E-state index contributed by atoms with van der Waals surface area (Å²) in [7, 11) is 0. The normalized spacial score (nSPS) is 12.7. The Morgan fingerprint density at radius 1 is 1.47 bits per heavy atom. The van der Waals surface area contributed by atoms with Gasteiger partial charge in [0.15, 0.2) is 0 Å². The molecule has 15 heavy (non-hydrogen) atoms. The maximum absolute atomic E-state index is 11.8. The number of thiazole rings is 1. The second-order valence-corrected chi connectivity index (χ2v) is 4.87. The Labute approximate surface area is 92.1 Å². The van der Waals surface area contributed by atoms with Crippen molar-refractivity contribution in [2.75, 3.05) is 0 Å². The molecule has 0 amide bonds. The molecule has 74 valence electrons. The van der Waals surface area contributed by atoms with Crippen molar-refractivity contribution in [1.29, 1.82) is 0 Å². The lowest BCUT2D eigenvalue weighted by molar-refractivity contribution is 0.932. The largest absolute Gasteiger partial charge is 0.291 e. The van der Waals surface area contributed by atoms with Crippen molar-refractivity contribution in [3.05, 3.63) is 43.6 Å². The summed E-state index contributed by atoms with van der Waals surface area (Å²) >= 11 is 2.96. The summed E-state index contributed by atoms with van der Waals surface area (Å²) in [5.74, 6) is 0. The molecule has 0 aliphatic rings. The first-order valence-electron chi connectivity index (χ1n) is 4.22. The van der Waals surface area contributed by atoms with Gasteiger partial charge in [0.05, 0.1) is 4.53 Å². The summed E-state index contributed by atoms with van der Waals surface area (Å²) in [6.07, 6.45) is 3.26. The monoisotopic (exact) mass is 235 g/mol. The highest BCUT2D eigenvalue weighted by atomic mass is 32.1. The molecule has 0 spiro atoms. The van der Waals surface area contributed by atoms with Crippen LogP contribution in [0.25, 0.3) is 11.0 Å². The van der Waals surface area contributed by atoms with Gasteiger partial charge in [-0.1, -0.05) is 17.4 Å². The van der Waals surface area contributed by atoms with Gasteiger partial charge < -0.3 is 0 Å². The van der Waals surface area contributed by atoms with Crippen molar-refractivity contribution in [2.45, 2.75) is 0 Å². The van der Waals surface area contributed by atoms with E-state index in [0.29, 0.717) is 9.49 Å². The summed E-state index contributed by atoms with van der Waals surface area (Å²) < 4.78 is 2.00. The third-order valence-electron chi connectivity index (χ3n) is 1.94. The van der Waals surface area contributed by atoms with Gasteiger partial charge >= 0.3 is 0 Å². The molecular weight excluding hydrogens is 230 g/mol. The van der Waals surface area contributed by atoms with E-state index in [0.717, 1.165) is 4.88 Å². The van der Waals surface area contributed by atoms with Crippen LogP contribution in [0.2, 0.25) is 0 Å². The summed E-state index contributed by atoms with van der Waals surface area (Å²) in [5, 5.41) is 5.83. The van der Waals surface area contributed by atoms with Crippen molar-refractivity contribution in [1.82, 2.24) is 14.6 Å². The van der Waals surface area contributed by atoms with Gasteiger partial charge in [-0.25, -0.2) is 4.98 Å². The molecule has 3 aromatic rings. The number of hydrogen-bond donors (Lipinski definition) is 0. The van der Waals surface area contributed by atoms with E-state index in [4.69, 9.17) is 0 Å². The van der Waals surface area contributed by atoms with Crippen molar-refractivity contribution < 1.29 is 0 Å². The van der Waals surface area contributed by atoms with Gasteiger partial charge in [-0.15, -0.1) is 11.3 Å². The molecule has 0 atom stereocenters. The van der Waals surface area contributed by atoms with Crippen LogP contribution in [-0.2, 0) is 0 Å². The van der Waals surface area contributed by atoms with Crippen LogP contribution >= 0.6 is 22.7 Å². The molecule has 3 aromatic heterocycles. The molecule has 0 bridgehead atoms. The molecule has 0 saturated heterocycles. The molecule has 0 saturated carbocycles. The van der Waals surface area contributed by atoms with E-state index in [1.54, 1.807) is 11.3 Å². The number of hydrogen-bond acceptors (Lipinski definition) is 5. The number of rotatable bonds is 1. The average molecular weight is 235 g/mol. The first-order chi connectivity index (χ1) is 7.34. The molecule has 0 aliphatic carbocycles.